The molecule has 14 heavy (non-hydrogen) atoms. The Morgan fingerprint density at radius 1 is 1.36 bits per heavy atom. The fourth-order valence-electron chi connectivity index (χ4n) is 0.976. The summed E-state index contributed by atoms with van der Waals surface area (Å²) >= 11 is 0. The fraction of sp³-hybridized carbons (Fsp3) is 0.222. The van der Waals surface area contributed by atoms with Crippen molar-refractivity contribution in [3.63, 3.8) is 0 Å². The molecule has 0 spiro atoms. The van der Waals surface area contributed by atoms with Gasteiger partial charge < -0.3 is 10.5 Å². The first-order chi connectivity index (χ1) is 6.72. The van der Waals surface area contributed by atoms with Crippen molar-refractivity contribution in [2.24, 2.45) is 11.6 Å². The summed E-state index contributed by atoms with van der Waals surface area (Å²) in [7, 11) is 0. The zero-order valence-corrected chi connectivity index (χ0v) is 7.69. The van der Waals surface area contributed by atoms with Crippen LogP contribution < -0.4 is 21.7 Å². The molecule has 5 heteroatoms. The van der Waals surface area contributed by atoms with Crippen molar-refractivity contribution in [3.8, 4) is 5.75 Å². The van der Waals surface area contributed by atoms with Crippen molar-refractivity contribution in [1.82, 2.24) is 5.43 Å². The molecule has 1 rings (SSSR count). The van der Waals surface area contributed by atoms with Crippen LogP contribution in [0.5, 0.6) is 5.75 Å². The van der Waals surface area contributed by atoms with E-state index in [1.807, 2.05) is 12.1 Å². The summed E-state index contributed by atoms with van der Waals surface area (Å²) in [4.78, 5) is 10.4. The van der Waals surface area contributed by atoms with Gasteiger partial charge >= 0.3 is 0 Å². The SMILES string of the molecule is NNCc1ccc(OCC(N)=O)cc1. The van der Waals surface area contributed by atoms with Crippen LogP contribution in [0.25, 0.3) is 0 Å². The minimum atomic E-state index is -0.488. The van der Waals surface area contributed by atoms with E-state index >= 15 is 0 Å². The lowest BCUT2D eigenvalue weighted by atomic mass is 10.2. The average Bonchev–Trinajstić information content (AvgIpc) is 2.17. The minimum absolute atomic E-state index is 0.103. The highest BCUT2D eigenvalue weighted by atomic mass is 16.5. The molecule has 1 aromatic rings. The van der Waals surface area contributed by atoms with Crippen LogP contribution in [-0.2, 0) is 11.3 Å². The van der Waals surface area contributed by atoms with Crippen LogP contribution in [-0.4, -0.2) is 12.5 Å². The van der Waals surface area contributed by atoms with Gasteiger partial charge in [0.25, 0.3) is 5.91 Å². The number of carbonyl (C=O) groups excluding carboxylic acids is 1. The van der Waals surface area contributed by atoms with E-state index in [2.05, 4.69) is 5.43 Å². The molecule has 0 bridgehead atoms. The summed E-state index contributed by atoms with van der Waals surface area (Å²) < 4.78 is 5.07. The van der Waals surface area contributed by atoms with E-state index in [0.717, 1.165) is 5.56 Å². The second kappa shape index (κ2) is 5.21. The largest absolute Gasteiger partial charge is 0.484 e. The predicted octanol–water partition coefficient (Wildman–Crippen LogP) is -0.486. The number of nitrogens with two attached hydrogens (primary N) is 2. The number of carbonyl (C=O) groups is 1. The van der Waals surface area contributed by atoms with Crippen molar-refractivity contribution in [2.75, 3.05) is 6.61 Å². The molecule has 0 aliphatic rings. The Balaban J connectivity index is 2.50. The first-order valence-electron chi connectivity index (χ1n) is 4.16. The van der Waals surface area contributed by atoms with Crippen LogP contribution in [0.1, 0.15) is 5.56 Å². The van der Waals surface area contributed by atoms with Gasteiger partial charge in [-0.25, -0.2) is 0 Å². The van der Waals surface area contributed by atoms with E-state index < -0.39 is 5.91 Å². The molecule has 0 aromatic heterocycles. The lowest BCUT2D eigenvalue weighted by Gasteiger charge is -2.04. The zero-order valence-electron chi connectivity index (χ0n) is 7.69. The summed E-state index contributed by atoms with van der Waals surface area (Å²) in [6, 6.07) is 7.23. The second-order valence-corrected chi connectivity index (χ2v) is 2.78. The standard InChI is InChI=1S/C9H13N3O2/c10-9(13)6-14-8-3-1-7(2-4-8)5-12-11/h1-4,12H,5-6,11H2,(H2,10,13). The van der Waals surface area contributed by atoms with Crippen LogP contribution >= 0.6 is 0 Å². The number of hydrogen-bond acceptors (Lipinski definition) is 4. The number of benzene rings is 1. The van der Waals surface area contributed by atoms with Crippen LogP contribution in [0.2, 0.25) is 0 Å². The number of nitrogens with one attached hydrogen (secondary N) is 1. The number of rotatable bonds is 5. The molecule has 0 saturated heterocycles. The summed E-state index contributed by atoms with van der Waals surface area (Å²) in [6.45, 7) is 0.491. The Morgan fingerprint density at radius 2 is 2.00 bits per heavy atom. The van der Waals surface area contributed by atoms with E-state index in [1.54, 1.807) is 12.1 Å². The van der Waals surface area contributed by atoms with Crippen molar-refractivity contribution in [3.05, 3.63) is 29.8 Å². The molecule has 0 saturated carbocycles. The highest BCUT2D eigenvalue weighted by molar-refractivity contribution is 5.75. The van der Waals surface area contributed by atoms with Gasteiger partial charge in [0, 0.05) is 6.54 Å². The van der Waals surface area contributed by atoms with Crippen LogP contribution in [0.4, 0.5) is 0 Å². The first-order valence-corrected chi connectivity index (χ1v) is 4.16. The highest BCUT2D eigenvalue weighted by Gasteiger charge is 1.97. The molecular weight excluding hydrogens is 182 g/mol. The summed E-state index contributed by atoms with van der Waals surface area (Å²) in [6.07, 6.45) is 0. The molecule has 5 nitrogen and oxygen atoms in total. The summed E-state index contributed by atoms with van der Waals surface area (Å²) in [5, 5.41) is 0. The van der Waals surface area contributed by atoms with Gasteiger partial charge in [-0.05, 0) is 17.7 Å². The van der Waals surface area contributed by atoms with Gasteiger partial charge in [-0.3, -0.25) is 16.1 Å². The quantitative estimate of drug-likeness (QED) is 0.437. The second-order valence-electron chi connectivity index (χ2n) is 2.78. The third-order valence-electron chi connectivity index (χ3n) is 1.61. The molecule has 0 heterocycles. The van der Waals surface area contributed by atoms with Gasteiger partial charge in [-0.15, -0.1) is 0 Å². The van der Waals surface area contributed by atoms with E-state index in [4.69, 9.17) is 16.3 Å². The van der Waals surface area contributed by atoms with Gasteiger partial charge in [0.15, 0.2) is 6.61 Å². The normalized spacial score (nSPS) is 9.79. The molecule has 1 amide bonds. The zero-order chi connectivity index (χ0) is 10.4. The maximum atomic E-state index is 10.4. The Hall–Kier alpha value is -1.59. The monoisotopic (exact) mass is 195 g/mol. The first kappa shape index (κ1) is 10.5. The highest BCUT2D eigenvalue weighted by Crippen LogP contribution is 2.11. The lowest BCUT2D eigenvalue weighted by Crippen LogP contribution is -2.21. The molecule has 0 atom stereocenters. The van der Waals surface area contributed by atoms with Crippen molar-refractivity contribution < 1.29 is 9.53 Å². The number of hydrogen-bond donors (Lipinski definition) is 3. The van der Waals surface area contributed by atoms with E-state index in [-0.39, 0.29) is 6.61 Å². The molecule has 0 unspecified atom stereocenters. The van der Waals surface area contributed by atoms with Gasteiger partial charge in [-0.1, -0.05) is 12.1 Å². The lowest BCUT2D eigenvalue weighted by molar-refractivity contribution is -0.119. The van der Waals surface area contributed by atoms with Gasteiger partial charge in [0.2, 0.25) is 0 Å². The predicted molar refractivity (Wildman–Crippen MR) is 52.2 cm³/mol. The van der Waals surface area contributed by atoms with Crippen molar-refractivity contribution in [2.45, 2.75) is 6.54 Å². The molecule has 0 aliphatic carbocycles. The molecule has 0 aliphatic heterocycles. The Morgan fingerprint density at radius 3 is 2.50 bits per heavy atom. The van der Waals surface area contributed by atoms with E-state index in [9.17, 15) is 4.79 Å². The summed E-state index contributed by atoms with van der Waals surface area (Å²) in [5.74, 6) is 5.28. The topological polar surface area (TPSA) is 90.4 Å². The average molecular weight is 195 g/mol. The van der Waals surface area contributed by atoms with Crippen LogP contribution in [0.3, 0.4) is 0 Å². The minimum Gasteiger partial charge on any atom is -0.484 e. The van der Waals surface area contributed by atoms with Gasteiger partial charge in [0.05, 0.1) is 0 Å². The number of ether oxygens (including phenoxy) is 1. The summed E-state index contributed by atoms with van der Waals surface area (Å²) in [5.41, 5.74) is 8.51. The number of hydrazine groups is 1. The molecular formula is C9H13N3O2. The number of primary amides is 1. The third kappa shape index (κ3) is 3.42. The van der Waals surface area contributed by atoms with Crippen molar-refractivity contribution in [1.29, 1.82) is 0 Å². The van der Waals surface area contributed by atoms with Crippen LogP contribution in [0, 0.1) is 0 Å². The molecule has 0 radical (unpaired) electrons. The van der Waals surface area contributed by atoms with E-state index in [1.165, 1.54) is 0 Å². The van der Waals surface area contributed by atoms with Gasteiger partial charge in [-0.2, -0.15) is 0 Å². The molecule has 5 N–H and O–H groups in total. The van der Waals surface area contributed by atoms with Gasteiger partial charge in [0.1, 0.15) is 5.75 Å². The maximum Gasteiger partial charge on any atom is 0.255 e. The van der Waals surface area contributed by atoms with Crippen molar-refractivity contribution >= 4 is 5.91 Å². The number of amides is 1. The smallest absolute Gasteiger partial charge is 0.255 e. The Bertz CT molecular complexity index is 297. The fourth-order valence-corrected chi connectivity index (χ4v) is 0.976. The van der Waals surface area contributed by atoms with E-state index in [0.29, 0.717) is 12.3 Å². The molecule has 1 aromatic carbocycles. The maximum absolute atomic E-state index is 10.4. The molecule has 0 fully saturated rings. The van der Waals surface area contributed by atoms with Crippen LogP contribution in [0.15, 0.2) is 24.3 Å². The third-order valence-corrected chi connectivity index (χ3v) is 1.61. The Kier molecular flexibility index (Phi) is 3.90. The Labute approximate surface area is 82.0 Å². The molecule has 76 valence electrons.